The van der Waals surface area contributed by atoms with Crippen molar-refractivity contribution in [2.75, 3.05) is 15.4 Å². The van der Waals surface area contributed by atoms with Crippen LogP contribution in [-0.2, 0) is 25.8 Å². The molecule has 0 saturated heterocycles. The van der Waals surface area contributed by atoms with E-state index in [4.69, 9.17) is 0 Å². The lowest BCUT2D eigenvalue weighted by Crippen LogP contribution is -2.16. The molecule has 0 atom stereocenters. The van der Waals surface area contributed by atoms with Crippen molar-refractivity contribution in [2.45, 2.75) is 17.5 Å². The fraction of sp³-hybridized carbons (Fsp3) is 0.125. The van der Waals surface area contributed by atoms with Crippen molar-refractivity contribution in [3.8, 4) is 0 Å². The molecule has 0 spiro atoms. The number of nitrogens with one attached hydrogen (secondary N) is 3. The Labute approximate surface area is 151 Å². The second-order valence-electron chi connectivity index (χ2n) is 5.66. The zero-order valence-corrected chi connectivity index (χ0v) is 14.2. The SMILES string of the molecule is O=C1CC(=O)Nc2cc(S(=O)(=O)Nc3ccc(C(F)(F)F)cc3)ccc2N1. The fourth-order valence-corrected chi connectivity index (χ4v) is 3.46. The average Bonchev–Trinajstić information content (AvgIpc) is 2.69. The van der Waals surface area contributed by atoms with Crippen molar-refractivity contribution in [3.05, 3.63) is 48.0 Å². The van der Waals surface area contributed by atoms with Crippen molar-refractivity contribution in [1.82, 2.24) is 0 Å². The molecular formula is C16H12F3N3O4S. The molecule has 27 heavy (non-hydrogen) atoms. The molecule has 1 aliphatic rings. The maximum absolute atomic E-state index is 12.6. The van der Waals surface area contributed by atoms with Gasteiger partial charge in [0, 0.05) is 5.69 Å². The topological polar surface area (TPSA) is 104 Å². The number of fused-ring (bicyclic) bond motifs is 1. The third-order valence-corrected chi connectivity index (χ3v) is 5.01. The van der Waals surface area contributed by atoms with E-state index in [0.717, 1.165) is 30.3 Å². The summed E-state index contributed by atoms with van der Waals surface area (Å²) in [6.07, 6.45) is -4.93. The lowest BCUT2D eigenvalue weighted by Gasteiger charge is -2.12. The summed E-state index contributed by atoms with van der Waals surface area (Å²) in [5.74, 6) is -1.14. The second kappa shape index (κ2) is 6.58. The van der Waals surface area contributed by atoms with Gasteiger partial charge >= 0.3 is 6.18 Å². The van der Waals surface area contributed by atoms with Crippen molar-refractivity contribution in [2.24, 2.45) is 0 Å². The molecule has 0 saturated carbocycles. The van der Waals surface area contributed by atoms with Gasteiger partial charge in [0.25, 0.3) is 10.0 Å². The Morgan fingerprint density at radius 3 is 2.07 bits per heavy atom. The van der Waals surface area contributed by atoms with Crippen LogP contribution in [0.15, 0.2) is 47.4 Å². The Bertz CT molecular complexity index is 1020. The van der Waals surface area contributed by atoms with Crippen molar-refractivity contribution < 1.29 is 31.2 Å². The van der Waals surface area contributed by atoms with Crippen LogP contribution in [0.4, 0.5) is 30.2 Å². The molecule has 0 bridgehead atoms. The van der Waals surface area contributed by atoms with Gasteiger partial charge in [0.1, 0.15) is 6.42 Å². The number of hydrogen-bond acceptors (Lipinski definition) is 4. The molecule has 0 aromatic heterocycles. The molecule has 0 unspecified atom stereocenters. The van der Waals surface area contributed by atoms with Gasteiger partial charge in [-0.25, -0.2) is 8.42 Å². The Morgan fingerprint density at radius 2 is 1.48 bits per heavy atom. The minimum Gasteiger partial charge on any atom is -0.324 e. The van der Waals surface area contributed by atoms with Gasteiger partial charge < -0.3 is 10.6 Å². The van der Waals surface area contributed by atoms with Gasteiger partial charge in [0.15, 0.2) is 0 Å². The molecule has 0 radical (unpaired) electrons. The van der Waals surface area contributed by atoms with E-state index in [1.807, 2.05) is 0 Å². The molecule has 11 heteroatoms. The smallest absolute Gasteiger partial charge is 0.324 e. The van der Waals surface area contributed by atoms with E-state index in [1.54, 1.807) is 0 Å². The van der Waals surface area contributed by atoms with Crippen LogP contribution in [0.25, 0.3) is 0 Å². The number of anilines is 3. The van der Waals surface area contributed by atoms with Gasteiger partial charge in [0.05, 0.1) is 21.8 Å². The first-order valence-corrected chi connectivity index (χ1v) is 8.97. The lowest BCUT2D eigenvalue weighted by atomic mass is 10.2. The molecule has 2 amide bonds. The number of alkyl halides is 3. The maximum atomic E-state index is 12.6. The second-order valence-corrected chi connectivity index (χ2v) is 7.34. The predicted octanol–water partition coefficient (Wildman–Crippen LogP) is 2.79. The van der Waals surface area contributed by atoms with Crippen LogP contribution >= 0.6 is 0 Å². The van der Waals surface area contributed by atoms with Crippen molar-refractivity contribution in [3.63, 3.8) is 0 Å². The van der Waals surface area contributed by atoms with E-state index in [9.17, 15) is 31.2 Å². The van der Waals surface area contributed by atoms with Gasteiger partial charge in [-0.15, -0.1) is 0 Å². The van der Waals surface area contributed by atoms with Gasteiger partial charge in [0.2, 0.25) is 11.8 Å². The minimum absolute atomic E-state index is 0.0599. The molecule has 1 aliphatic heterocycles. The third-order valence-electron chi connectivity index (χ3n) is 3.64. The summed E-state index contributed by atoms with van der Waals surface area (Å²) < 4.78 is 64.8. The minimum atomic E-state index is -4.53. The van der Waals surface area contributed by atoms with Crippen LogP contribution in [0.2, 0.25) is 0 Å². The third kappa shape index (κ3) is 4.19. The Kier molecular flexibility index (Phi) is 4.56. The van der Waals surface area contributed by atoms with Gasteiger partial charge in [-0.3, -0.25) is 14.3 Å². The van der Waals surface area contributed by atoms with Crippen LogP contribution in [0.3, 0.4) is 0 Å². The van der Waals surface area contributed by atoms with Crippen LogP contribution in [0.1, 0.15) is 12.0 Å². The van der Waals surface area contributed by atoms with Gasteiger partial charge in [-0.1, -0.05) is 0 Å². The first-order chi connectivity index (χ1) is 12.5. The van der Waals surface area contributed by atoms with E-state index in [0.29, 0.717) is 0 Å². The number of carbonyl (C=O) groups is 2. The molecule has 142 valence electrons. The summed E-state index contributed by atoms with van der Waals surface area (Å²) in [6, 6.07) is 7.14. The summed E-state index contributed by atoms with van der Waals surface area (Å²) in [5.41, 5.74) is -0.635. The van der Waals surface area contributed by atoms with Crippen LogP contribution < -0.4 is 15.4 Å². The van der Waals surface area contributed by atoms with Crippen molar-refractivity contribution in [1.29, 1.82) is 0 Å². The van der Waals surface area contributed by atoms with Crippen LogP contribution in [-0.4, -0.2) is 20.2 Å². The first-order valence-electron chi connectivity index (χ1n) is 7.48. The molecule has 1 heterocycles. The highest BCUT2D eigenvalue weighted by molar-refractivity contribution is 7.92. The fourth-order valence-electron chi connectivity index (χ4n) is 2.38. The normalized spacial score (nSPS) is 14.6. The van der Waals surface area contributed by atoms with E-state index in [-0.39, 0.29) is 22.0 Å². The highest BCUT2D eigenvalue weighted by atomic mass is 32.2. The molecule has 0 aliphatic carbocycles. The number of benzene rings is 2. The number of carbonyl (C=O) groups excluding carboxylic acids is 2. The molecule has 2 aromatic rings. The Balaban J connectivity index is 1.87. The summed E-state index contributed by atoms with van der Waals surface area (Å²) in [5, 5.41) is 4.87. The Morgan fingerprint density at radius 1 is 0.889 bits per heavy atom. The van der Waals surface area contributed by atoms with Gasteiger partial charge in [-0.05, 0) is 42.5 Å². The average molecular weight is 399 g/mol. The van der Waals surface area contributed by atoms with Gasteiger partial charge in [-0.2, -0.15) is 13.2 Å². The highest BCUT2D eigenvalue weighted by Crippen LogP contribution is 2.31. The molecule has 7 nitrogen and oxygen atoms in total. The highest BCUT2D eigenvalue weighted by Gasteiger charge is 2.30. The van der Waals surface area contributed by atoms with Crippen LogP contribution in [0.5, 0.6) is 0 Å². The van der Waals surface area contributed by atoms with E-state index < -0.39 is 40.0 Å². The molecule has 2 aromatic carbocycles. The lowest BCUT2D eigenvalue weighted by molar-refractivity contribution is -0.137. The van der Waals surface area contributed by atoms with Crippen LogP contribution in [0, 0.1) is 0 Å². The largest absolute Gasteiger partial charge is 0.416 e. The zero-order chi connectivity index (χ0) is 19.8. The summed E-state index contributed by atoms with van der Waals surface area (Å²) in [7, 11) is -4.13. The predicted molar refractivity (Wildman–Crippen MR) is 90.6 cm³/mol. The van der Waals surface area contributed by atoms with E-state index >= 15 is 0 Å². The summed E-state index contributed by atoms with van der Waals surface area (Å²) in [4.78, 5) is 22.8. The standard InChI is InChI=1S/C16H12F3N3O4S/c17-16(18,19)9-1-3-10(4-2-9)22-27(25,26)11-5-6-12-13(7-11)21-15(24)8-14(23)20-12/h1-7,22H,8H2,(H,20,23)(H,21,24). The molecular weight excluding hydrogens is 387 g/mol. The summed E-state index contributed by atoms with van der Waals surface area (Å²) >= 11 is 0. The molecule has 3 rings (SSSR count). The monoisotopic (exact) mass is 399 g/mol. The summed E-state index contributed by atoms with van der Waals surface area (Å²) in [6.45, 7) is 0. The first kappa shape index (κ1) is 18.7. The number of rotatable bonds is 3. The van der Waals surface area contributed by atoms with Crippen molar-refractivity contribution >= 4 is 38.9 Å². The van der Waals surface area contributed by atoms with E-state index in [2.05, 4.69) is 15.4 Å². The number of sulfonamides is 1. The molecule has 0 fully saturated rings. The number of halogens is 3. The number of amides is 2. The van der Waals surface area contributed by atoms with E-state index in [1.165, 1.54) is 12.1 Å². The molecule has 3 N–H and O–H groups in total. The Hall–Kier alpha value is -3.08. The number of hydrogen-bond donors (Lipinski definition) is 3. The maximum Gasteiger partial charge on any atom is 0.416 e. The quantitative estimate of drug-likeness (QED) is 0.691. The zero-order valence-electron chi connectivity index (χ0n) is 13.4.